The number of carbonyl (C=O) groups excluding carboxylic acids is 2. The predicted molar refractivity (Wildman–Crippen MR) is 152 cm³/mol. The smallest absolute Gasteiger partial charge is 0.261 e. The van der Waals surface area contributed by atoms with Gasteiger partial charge in [-0.15, -0.1) is 0 Å². The van der Waals surface area contributed by atoms with E-state index < -0.39 is 0 Å². The van der Waals surface area contributed by atoms with Gasteiger partial charge in [-0.25, -0.2) is 4.98 Å². The molecule has 5 rings (SSSR count). The van der Waals surface area contributed by atoms with Crippen molar-refractivity contribution in [1.29, 1.82) is 0 Å². The topological polar surface area (TPSA) is 84.7 Å². The number of amides is 1. The Morgan fingerprint density at radius 2 is 1.82 bits per heavy atom. The summed E-state index contributed by atoms with van der Waals surface area (Å²) in [5, 5.41) is 0. The van der Waals surface area contributed by atoms with Gasteiger partial charge in [0.15, 0.2) is 5.78 Å². The molecule has 2 atom stereocenters. The molecule has 1 aromatic heterocycles. The highest BCUT2D eigenvalue weighted by molar-refractivity contribution is 9.10. The molecule has 0 spiro atoms. The molecule has 39 heavy (non-hydrogen) atoms. The maximum atomic E-state index is 14.0. The number of hydrogen-bond acceptors (Lipinski definition) is 6. The number of aryl methyl sites for hydroxylation is 1. The second kappa shape index (κ2) is 11.2. The highest BCUT2D eigenvalue weighted by Crippen LogP contribution is 2.25. The Kier molecular flexibility index (Phi) is 7.84. The van der Waals surface area contributed by atoms with E-state index in [2.05, 4.69) is 20.8 Å². The lowest BCUT2D eigenvalue weighted by Crippen LogP contribution is -2.47. The molecular weight excluding hydrogens is 560 g/mol. The minimum absolute atomic E-state index is 0.0282. The van der Waals surface area contributed by atoms with Crippen LogP contribution in [0.25, 0.3) is 5.69 Å². The van der Waals surface area contributed by atoms with Gasteiger partial charge in [0, 0.05) is 40.3 Å². The highest BCUT2D eigenvalue weighted by atomic mass is 79.9. The zero-order valence-corrected chi connectivity index (χ0v) is 24.3. The molecule has 2 aliphatic heterocycles. The minimum atomic E-state index is -0.164. The molecule has 2 aromatic carbocycles. The summed E-state index contributed by atoms with van der Waals surface area (Å²) in [5.41, 5.74) is 4.03. The average Bonchev–Trinajstić information content (AvgIpc) is 2.90. The number of rotatable bonds is 5. The van der Waals surface area contributed by atoms with Gasteiger partial charge in [0.25, 0.3) is 11.5 Å². The summed E-state index contributed by atoms with van der Waals surface area (Å²) in [5.74, 6) is 0.516. The summed E-state index contributed by atoms with van der Waals surface area (Å²) in [7, 11) is 0. The van der Waals surface area contributed by atoms with E-state index in [0.717, 1.165) is 23.1 Å². The van der Waals surface area contributed by atoms with Gasteiger partial charge in [-0.05, 0) is 82.1 Å². The Balaban J connectivity index is 1.55. The van der Waals surface area contributed by atoms with Gasteiger partial charge in [0.05, 0.1) is 37.2 Å². The van der Waals surface area contributed by atoms with Crippen LogP contribution in [-0.4, -0.2) is 62.9 Å². The Hall–Kier alpha value is -3.14. The lowest BCUT2D eigenvalue weighted by atomic mass is 9.98. The largest absolute Gasteiger partial charge is 0.376 e. The van der Waals surface area contributed by atoms with E-state index in [-0.39, 0.29) is 35.9 Å². The molecule has 0 saturated carbocycles. The molecule has 3 heterocycles. The molecule has 2 aliphatic rings. The van der Waals surface area contributed by atoms with Gasteiger partial charge in [-0.1, -0.05) is 15.9 Å². The first-order valence-corrected chi connectivity index (χ1v) is 14.1. The van der Waals surface area contributed by atoms with Crippen molar-refractivity contribution in [1.82, 2.24) is 19.4 Å². The van der Waals surface area contributed by atoms with Crippen molar-refractivity contribution in [3.8, 4) is 5.69 Å². The summed E-state index contributed by atoms with van der Waals surface area (Å²) in [6, 6.07) is 12.5. The van der Waals surface area contributed by atoms with Crippen molar-refractivity contribution in [3.63, 3.8) is 0 Å². The monoisotopic (exact) mass is 592 g/mol. The van der Waals surface area contributed by atoms with Gasteiger partial charge >= 0.3 is 0 Å². The van der Waals surface area contributed by atoms with Crippen LogP contribution in [0.1, 0.15) is 64.1 Å². The molecule has 1 amide bonds. The summed E-state index contributed by atoms with van der Waals surface area (Å²) in [6.45, 7) is 10.3. The van der Waals surface area contributed by atoms with Crippen LogP contribution in [0.5, 0.6) is 0 Å². The normalized spacial score (nSPS) is 19.6. The Bertz CT molecular complexity index is 1480. The fourth-order valence-electron chi connectivity index (χ4n) is 5.37. The van der Waals surface area contributed by atoms with Crippen molar-refractivity contribution in [2.75, 3.05) is 19.7 Å². The van der Waals surface area contributed by atoms with Crippen LogP contribution in [-0.2, 0) is 24.2 Å². The van der Waals surface area contributed by atoms with Crippen molar-refractivity contribution in [2.45, 2.75) is 59.4 Å². The maximum absolute atomic E-state index is 14.0. The Morgan fingerprint density at radius 1 is 1.10 bits per heavy atom. The summed E-state index contributed by atoms with van der Waals surface area (Å²) in [6.07, 6.45) is 0.512. The van der Waals surface area contributed by atoms with E-state index in [1.807, 2.05) is 43.9 Å². The molecule has 9 heteroatoms. The number of halogens is 1. The second-order valence-electron chi connectivity index (χ2n) is 10.6. The molecule has 3 aromatic rings. The molecule has 0 bridgehead atoms. The number of carbonyl (C=O) groups is 2. The molecule has 1 fully saturated rings. The summed E-state index contributed by atoms with van der Waals surface area (Å²) >= 11 is 3.50. The molecule has 204 valence electrons. The Morgan fingerprint density at radius 3 is 2.49 bits per heavy atom. The van der Waals surface area contributed by atoms with Crippen molar-refractivity contribution < 1.29 is 14.3 Å². The van der Waals surface area contributed by atoms with Gasteiger partial charge in [-0.2, -0.15) is 0 Å². The number of Topliss-reactive ketones (excluding diaryl/α,β-unsaturated/α-hetero) is 1. The van der Waals surface area contributed by atoms with E-state index in [9.17, 15) is 14.4 Å². The standard InChI is InChI=1S/C30H33BrN4O4/c1-18-13-23(7-10-26(18)31)29(37)34-16-27-25(14-19(34)2)30(38)35(24-8-5-22(6-9-24)21(4)36)28(32-27)17-33-11-12-39-20(3)15-33/h5-10,13,19-20H,11-12,14-17H2,1-4H3. The first kappa shape index (κ1) is 27.4. The number of nitrogens with zero attached hydrogens (tertiary/aromatic N) is 4. The van der Waals surface area contributed by atoms with Crippen LogP contribution < -0.4 is 5.56 Å². The van der Waals surface area contributed by atoms with Crippen LogP contribution >= 0.6 is 15.9 Å². The third-order valence-electron chi connectivity index (χ3n) is 7.57. The lowest BCUT2D eigenvalue weighted by Gasteiger charge is -2.35. The number of benzene rings is 2. The van der Waals surface area contributed by atoms with Crippen LogP contribution in [0.4, 0.5) is 0 Å². The SMILES string of the molecule is CC(=O)c1ccc(-n2c(CN3CCOC(C)C3)nc3c(c2=O)CC(C)N(C(=O)c2ccc(Br)c(C)c2)C3)cc1. The molecular formula is C30H33BrN4O4. The molecule has 2 unspecified atom stereocenters. The molecule has 0 radical (unpaired) electrons. The zero-order valence-electron chi connectivity index (χ0n) is 22.7. The fourth-order valence-corrected chi connectivity index (χ4v) is 5.62. The van der Waals surface area contributed by atoms with Crippen LogP contribution in [0.2, 0.25) is 0 Å². The first-order valence-electron chi connectivity index (χ1n) is 13.3. The van der Waals surface area contributed by atoms with Gasteiger partial charge < -0.3 is 9.64 Å². The van der Waals surface area contributed by atoms with E-state index in [4.69, 9.17) is 9.72 Å². The molecule has 0 N–H and O–H groups in total. The molecule has 1 saturated heterocycles. The Labute approximate surface area is 236 Å². The van der Waals surface area contributed by atoms with Crippen molar-refractivity contribution in [2.24, 2.45) is 0 Å². The predicted octanol–water partition coefficient (Wildman–Crippen LogP) is 4.31. The number of ether oxygens (including phenoxy) is 1. The number of aromatic nitrogens is 2. The fraction of sp³-hybridized carbons (Fsp3) is 0.400. The van der Waals surface area contributed by atoms with Crippen LogP contribution in [0.15, 0.2) is 51.7 Å². The quantitative estimate of drug-likeness (QED) is 0.410. The van der Waals surface area contributed by atoms with E-state index in [1.54, 1.807) is 28.8 Å². The van der Waals surface area contributed by atoms with Crippen LogP contribution in [0.3, 0.4) is 0 Å². The third-order valence-corrected chi connectivity index (χ3v) is 8.46. The van der Waals surface area contributed by atoms with Crippen molar-refractivity contribution in [3.05, 3.63) is 91.1 Å². The average molecular weight is 594 g/mol. The highest BCUT2D eigenvalue weighted by Gasteiger charge is 2.32. The number of ketones is 1. The second-order valence-corrected chi connectivity index (χ2v) is 11.4. The first-order chi connectivity index (χ1) is 18.6. The van der Waals surface area contributed by atoms with E-state index >= 15 is 0 Å². The van der Waals surface area contributed by atoms with Gasteiger partial charge in [0.1, 0.15) is 5.82 Å². The van der Waals surface area contributed by atoms with Crippen molar-refractivity contribution >= 4 is 27.6 Å². The van der Waals surface area contributed by atoms with E-state index in [0.29, 0.717) is 53.5 Å². The lowest BCUT2D eigenvalue weighted by molar-refractivity contribution is -0.0223. The number of hydrogen-bond donors (Lipinski definition) is 0. The van der Waals surface area contributed by atoms with Crippen LogP contribution in [0, 0.1) is 6.92 Å². The summed E-state index contributed by atoms with van der Waals surface area (Å²) < 4.78 is 8.34. The zero-order chi connectivity index (χ0) is 27.8. The molecule has 0 aliphatic carbocycles. The molecule has 8 nitrogen and oxygen atoms in total. The van der Waals surface area contributed by atoms with Gasteiger partial charge in [-0.3, -0.25) is 23.9 Å². The number of morpholine rings is 1. The van der Waals surface area contributed by atoms with Gasteiger partial charge in [0.2, 0.25) is 0 Å². The maximum Gasteiger partial charge on any atom is 0.261 e. The third kappa shape index (κ3) is 5.62. The summed E-state index contributed by atoms with van der Waals surface area (Å²) in [4.78, 5) is 48.5. The minimum Gasteiger partial charge on any atom is -0.376 e. The number of fused-ring (bicyclic) bond motifs is 1. The van der Waals surface area contributed by atoms with E-state index in [1.165, 1.54) is 6.92 Å².